The summed E-state index contributed by atoms with van der Waals surface area (Å²) >= 11 is 6.05. The minimum absolute atomic E-state index is 0.285. The highest BCUT2D eigenvalue weighted by molar-refractivity contribution is 6.29. The van der Waals surface area contributed by atoms with Gasteiger partial charge in [0.05, 0.1) is 0 Å². The number of halogens is 1. The van der Waals surface area contributed by atoms with E-state index in [4.69, 9.17) is 11.6 Å². The molecule has 19 heavy (non-hydrogen) atoms. The molecule has 0 aromatic carbocycles. The van der Waals surface area contributed by atoms with E-state index in [9.17, 15) is 0 Å². The van der Waals surface area contributed by atoms with Gasteiger partial charge >= 0.3 is 0 Å². The van der Waals surface area contributed by atoms with Crippen molar-refractivity contribution in [2.45, 2.75) is 47.5 Å². The Labute approximate surface area is 121 Å². The third-order valence-corrected chi connectivity index (χ3v) is 5.23. The Bertz CT molecular complexity index is 466. The lowest BCUT2D eigenvalue weighted by molar-refractivity contribution is 0.457. The Balaban J connectivity index is 2.05. The van der Waals surface area contributed by atoms with Gasteiger partial charge in [0.1, 0.15) is 16.8 Å². The molecule has 1 aromatic heterocycles. The molecule has 0 amide bonds. The molecule has 1 fully saturated rings. The number of anilines is 1. The molecule has 3 nitrogen and oxygen atoms in total. The number of aromatic nitrogens is 2. The van der Waals surface area contributed by atoms with Crippen molar-refractivity contribution in [3.63, 3.8) is 0 Å². The highest BCUT2D eigenvalue weighted by Crippen LogP contribution is 2.68. The quantitative estimate of drug-likeness (QED) is 0.834. The lowest BCUT2D eigenvalue weighted by Crippen LogP contribution is -2.11. The minimum atomic E-state index is 0.285. The van der Waals surface area contributed by atoms with Crippen LogP contribution in [0.15, 0.2) is 6.07 Å². The third-order valence-electron chi connectivity index (χ3n) is 5.04. The smallest absolute Gasteiger partial charge is 0.135 e. The van der Waals surface area contributed by atoms with Crippen LogP contribution in [0.2, 0.25) is 5.15 Å². The molecular formula is C15H24ClN3. The summed E-state index contributed by atoms with van der Waals surface area (Å²) in [6.07, 6.45) is 0. The van der Waals surface area contributed by atoms with Crippen LogP contribution in [0, 0.1) is 16.7 Å². The van der Waals surface area contributed by atoms with Gasteiger partial charge in [-0.25, -0.2) is 9.97 Å². The first-order chi connectivity index (χ1) is 8.66. The molecule has 1 heterocycles. The second kappa shape index (κ2) is 4.62. The van der Waals surface area contributed by atoms with Crippen molar-refractivity contribution in [1.29, 1.82) is 0 Å². The van der Waals surface area contributed by atoms with E-state index in [1.54, 1.807) is 6.07 Å². The first-order valence-corrected chi connectivity index (χ1v) is 7.32. The molecular weight excluding hydrogens is 258 g/mol. The van der Waals surface area contributed by atoms with E-state index in [0.29, 0.717) is 21.9 Å². The maximum absolute atomic E-state index is 6.05. The Hall–Kier alpha value is -0.830. The topological polar surface area (TPSA) is 37.8 Å². The summed E-state index contributed by atoms with van der Waals surface area (Å²) in [5.74, 6) is 2.58. The first-order valence-electron chi connectivity index (χ1n) is 6.94. The third kappa shape index (κ3) is 2.58. The van der Waals surface area contributed by atoms with E-state index in [1.165, 1.54) is 0 Å². The number of rotatable bonds is 4. The van der Waals surface area contributed by atoms with Crippen molar-refractivity contribution in [3.05, 3.63) is 17.0 Å². The summed E-state index contributed by atoms with van der Waals surface area (Å²) in [5.41, 5.74) is 0.773. The van der Waals surface area contributed by atoms with Crippen LogP contribution >= 0.6 is 11.6 Å². The van der Waals surface area contributed by atoms with Crippen LogP contribution in [0.25, 0.3) is 0 Å². The summed E-state index contributed by atoms with van der Waals surface area (Å²) in [7, 11) is 0. The summed E-state index contributed by atoms with van der Waals surface area (Å²) in [6.45, 7) is 14.4. The predicted molar refractivity (Wildman–Crippen MR) is 80.7 cm³/mol. The zero-order chi connectivity index (χ0) is 14.4. The second-order valence-corrected chi connectivity index (χ2v) is 7.35. The van der Waals surface area contributed by atoms with Gasteiger partial charge in [-0.3, -0.25) is 0 Å². The number of nitrogens with one attached hydrogen (secondary N) is 1. The summed E-state index contributed by atoms with van der Waals surface area (Å²) in [5, 5.41) is 3.93. The molecule has 0 bridgehead atoms. The normalized spacial score (nSPS) is 20.6. The van der Waals surface area contributed by atoms with Gasteiger partial charge in [0.25, 0.3) is 0 Å². The Morgan fingerprint density at radius 2 is 1.79 bits per heavy atom. The fourth-order valence-electron chi connectivity index (χ4n) is 2.83. The van der Waals surface area contributed by atoms with Gasteiger partial charge in [-0.1, -0.05) is 53.1 Å². The minimum Gasteiger partial charge on any atom is -0.370 e. The van der Waals surface area contributed by atoms with Crippen molar-refractivity contribution in [2.24, 2.45) is 16.7 Å². The van der Waals surface area contributed by atoms with E-state index >= 15 is 0 Å². The molecule has 0 spiro atoms. The molecule has 4 heteroatoms. The SMILES string of the molecule is CC(C)c1nc(Cl)cc(NCC2C(C)(C)C2(C)C)n1. The molecule has 0 saturated heterocycles. The maximum Gasteiger partial charge on any atom is 0.135 e. The summed E-state index contributed by atoms with van der Waals surface area (Å²) in [6, 6.07) is 1.80. The van der Waals surface area contributed by atoms with Gasteiger partial charge in [-0.05, 0) is 16.7 Å². The van der Waals surface area contributed by atoms with E-state index < -0.39 is 0 Å². The fraction of sp³-hybridized carbons (Fsp3) is 0.733. The van der Waals surface area contributed by atoms with E-state index in [2.05, 4.69) is 56.8 Å². The molecule has 1 aliphatic rings. The van der Waals surface area contributed by atoms with E-state index in [1.807, 2.05) is 0 Å². The average molecular weight is 282 g/mol. The Morgan fingerprint density at radius 3 is 2.26 bits per heavy atom. The number of hydrogen-bond acceptors (Lipinski definition) is 3. The highest BCUT2D eigenvalue weighted by atomic mass is 35.5. The Morgan fingerprint density at radius 1 is 1.21 bits per heavy atom. The van der Waals surface area contributed by atoms with Crippen LogP contribution in [-0.2, 0) is 0 Å². The van der Waals surface area contributed by atoms with Crippen molar-refractivity contribution >= 4 is 17.4 Å². The molecule has 2 rings (SSSR count). The van der Waals surface area contributed by atoms with Crippen LogP contribution in [0.3, 0.4) is 0 Å². The van der Waals surface area contributed by atoms with Crippen LogP contribution in [-0.4, -0.2) is 16.5 Å². The molecule has 0 unspecified atom stereocenters. The van der Waals surface area contributed by atoms with Crippen molar-refractivity contribution in [3.8, 4) is 0 Å². The van der Waals surface area contributed by atoms with E-state index in [0.717, 1.165) is 18.2 Å². The van der Waals surface area contributed by atoms with Gasteiger partial charge in [0.2, 0.25) is 0 Å². The highest BCUT2D eigenvalue weighted by Gasteiger charge is 2.64. The van der Waals surface area contributed by atoms with Crippen LogP contribution < -0.4 is 5.32 Å². The van der Waals surface area contributed by atoms with Crippen LogP contribution in [0.1, 0.15) is 53.3 Å². The lowest BCUT2D eigenvalue weighted by Gasteiger charge is -2.10. The Kier molecular flexibility index (Phi) is 3.54. The van der Waals surface area contributed by atoms with Crippen molar-refractivity contribution in [2.75, 3.05) is 11.9 Å². The second-order valence-electron chi connectivity index (χ2n) is 6.97. The van der Waals surface area contributed by atoms with Gasteiger partial charge in [-0.2, -0.15) is 0 Å². The molecule has 106 valence electrons. The van der Waals surface area contributed by atoms with Crippen LogP contribution in [0.4, 0.5) is 5.82 Å². The molecule has 1 saturated carbocycles. The van der Waals surface area contributed by atoms with Crippen molar-refractivity contribution < 1.29 is 0 Å². The predicted octanol–water partition coefficient (Wildman–Crippen LogP) is 4.35. The van der Waals surface area contributed by atoms with Gasteiger partial charge in [0.15, 0.2) is 0 Å². The fourth-order valence-corrected chi connectivity index (χ4v) is 3.02. The monoisotopic (exact) mass is 281 g/mol. The first kappa shape index (κ1) is 14.6. The van der Waals surface area contributed by atoms with Gasteiger partial charge in [0, 0.05) is 18.5 Å². The largest absolute Gasteiger partial charge is 0.370 e. The molecule has 1 aliphatic carbocycles. The maximum atomic E-state index is 6.05. The van der Waals surface area contributed by atoms with Crippen LogP contribution in [0.5, 0.6) is 0 Å². The lowest BCUT2D eigenvalue weighted by atomic mass is 10.0. The molecule has 0 radical (unpaired) electrons. The van der Waals surface area contributed by atoms with E-state index in [-0.39, 0.29) is 5.92 Å². The molecule has 1 N–H and O–H groups in total. The average Bonchev–Trinajstić information content (AvgIpc) is 2.66. The molecule has 1 aromatic rings. The summed E-state index contributed by atoms with van der Waals surface area (Å²) < 4.78 is 0. The summed E-state index contributed by atoms with van der Waals surface area (Å²) in [4.78, 5) is 8.77. The molecule has 0 aliphatic heterocycles. The van der Waals surface area contributed by atoms with Gasteiger partial charge in [-0.15, -0.1) is 0 Å². The van der Waals surface area contributed by atoms with Crippen molar-refractivity contribution in [1.82, 2.24) is 9.97 Å². The zero-order valence-electron chi connectivity index (χ0n) is 12.7. The zero-order valence-corrected chi connectivity index (χ0v) is 13.5. The van der Waals surface area contributed by atoms with Gasteiger partial charge < -0.3 is 5.32 Å². The number of hydrogen-bond donors (Lipinski definition) is 1. The standard InChI is InChI=1S/C15H24ClN3/c1-9(2)13-18-11(16)7-12(19-13)17-8-10-14(3,4)15(10,5)6/h7,9-10H,8H2,1-6H3,(H,17,18,19). The number of nitrogens with zero attached hydrogens (tertiary/aromatic N) is 2. The molecule has 0 atom stereocenters.